The molecule has 4 N–H and O–H groups in total. The van der Waals surface area contributed by atoms with E-state index in [0.29, 0.717) is 0 Å². The molecule has 0 bridgehead atoms. The number of rotatable bonds is 6. The van der Waals surface area contributed by atoms with Gasteiger partial charge in [-0.2, -0.15) is 0 Å². The number of carboxylic acid groups (broad SMARTS) is 1. The molecule has 0 saturated heterocycles. The molecule has 0 saturated carbocycles. The fourth-order valence-corrected chi connectivity index (χ4v) is 0.768. The lowest BCUT2D eigenvalue weighted by Crippen LogP contribution is -2.44. The second-order valence-electron chi connectivity index (χ2n) is 2.56. The van der Waals surface area contributed by atoms with Gasteiger partial charge in [0.1, 0.15) is 12.6 Å². The zero-order valence-electron chi connectivity index (χ0n) is 7.65. The third-order valence-corrected chi connectivity index (χ3v) is 1.31. The summed E-state index contributed by atoms with van der Waals surface area (Å²) < 4.78 is 4.47. The van der Waals surface area contributed by atoms with Crippen molar-refractivity contribution in [3.63, 3.8) is 0 Å². The van der Waals surface area contributed by atoms with E-state index in [1.165, 1.54) is 7.11 Å². The number of aliphatic carboxylic acids is 1. The third kappa shape index (κ3) is 5.09. The summed E-state index contributed by atoms with van der Waals surface area (Å²) in [5.74, 6) is -2.72. The van der Waals surface area contributed by atoms with Crippen molar-refractivity contribution in [3.8, 4) is 0 Å². The summed E-state index contributed by atoms with van der Waals surface area (Å²) in [5, 5.41) is 10.7. The molecule has 0 aromatic carbocycles. The zero-order valence-corrected chi connectivity index (χ0v) is 7.65. The largest absolute Gasteiger partial charge is 0.480 e. The Hall–Kier alpha value is -1.63. The van der Waals surface area contributed by atoms with Gasteiger partial charge in [0, 0.05) is 7.11 Å². The number of ether oxygens (including phenoxy) is 1. The molecule has 0 spiro atoms. The van der Waals surface area contributed by atoms with E-state index in [1.807, 2.05) is 0 Å². The molecule has 1 atom stereocenters. The molecule has 0 aliphatic carbocycles. The fourth-order valence-electron chi connectivity index (χ4n) is 0.768. The molecule has 0 unspecified atom stereocenters. The highest BCUT2D eigenvalue weighted by Crippen LogP contribution is 1.91. The Morgan fingerprint density at radius 2 is 2.07 bits per heavy atom. The molecule has 7 heteroatoms. The van der Waals surface area contributed by atoms with Gasteiger partial charge in [0.15, 0.2) is 0 Å². The average molecular weight is 204 g/mol. The standard InChI is InChI=1S/C7H12N2O5/c1-14-3-6(11)9-4(7(12)13)2-5(8)10/h4H,2-3H2,1H3,(H2,8,10)(H,9,11)(H,12,13)/t4-/m0/s1. The number of nitrogens with two attached hydrogens (primary N) is 1. The maximum absolute atomic E-state index is 10.9. The van der Waals surface area contributed by atoms with Gasteiger partial charge >= 0.3 is 5.97 Å². The van der Waals surface area contributed by atoms with E-state index in [1.54, 1.807) is 0 Å². The lowest BCUT2D eigenvalue weighted by atomic mass is 10.2. The molecule has 0 aromatic rings. The first kappa shape index (κ1) is 12.4. The van der Waals surface area contributed by atoms with Crippen LogP contribution < -0.4 is 11.1 Å². The maximum Gasteiger partial charge on any atom is 0.326 e. The highest BCUT2D eigenvalue weighted by molar-refractivity contribution is 5.88. The number of amides is 2. The number of carboxylic acids is 1. The number of carbonyl (C=O) groups excluding carboxylic acids is 2. The Kier molecular flexibility index (Phi) is 5.23. The van der Waals surface area contributed by atoms with E-state index in [4.69, 9.17) is 10.8 Å². The number of primary amides is 1. The Labute approximate surface area is 80.2 Å². The fraction of sp³-hybridized carbons (Fsp3) is 0.571. The molecule has 0 aromatic heterocycles. The smallest absolute Gasteiger partial charge is 0.326 e. The number of methoxy groups -OCH3 is 1. The van der Waals surface area contributed by atoms with E-state index in [2.05, 4.69) is 10.1 Å². The minimum Gasteiger partial charge on any atom is -0.480 e. The van der Waals surface area contributed by atoms with Gasteiger partial charge in [-0.3, -0.25) is 9.59 Å². The number of carbonyl (C=O) groups is 3. The van der Waals surface area contributed by atoms with Crippen molar-refractivity contribution < 1.29 is 24.2 Å². The predicted octanol–water partition coefficient (Wildman–Crippen LogP) is -1.92. The van der Waals surface area contributed by atoms with E-state index in [-0.39, 0.29) is 6.61 Å². The topological polar surface area (TPSA) is 119 Å². The Bertz CT molecular complexity index is 240. The number of hydrogen-bond donors (Lipinski definition) is 3. The molecule has 80 valence electrons. The number of hydrogen-bond acceptors (Lipinski definition) is 4. The summed E-state index contributed by atoms with van der Waals surface area (Å²) in [6.07, 6.45) is -0.440. The van der Waals surface area contributed by atoms with Gasteiger partial charge in [-0.1, -0.05) is 0 Å². The summed E-state index contributed by atoms with van der Waals surface area (Å²) in [7, 11) is 1.30. The lowest BCUT2D eigenvalue weighted by molar-refractivity contribution is -0.143. The number of nitrogens with one attached hydrogen (secondary N) is 1. The quantitative estimate of drug-likeness (QED) is 0.466. The van der Waals surface area contributed by atoms with Crippen LogP contribution in [0.5, 0.6) is 0 Å². The maximum atomic E-state index is 10.9. The van der Waals surface area contributed by atoms with E-state index < -0.39 is 30.2 Å². The van der Waals surface area contributed by atoms with Crippen molar-refractivity contribution in [1.82, 2.24) is 5.32 Å². The van der Waals surface area contributed by atoms with Crippen molar-refractivity contribution in [2.75, 3.05) is 13.7 Å². The molecule has 0 heterocycles. The third-order valence-electron chi connectivity index (χ3n) is 1.31. The van der Waals surface area contributed by atoms with Crippen LogP contribution in [0.1, 0.15) is 6.42 Å². The SMILES string of the molecule is COCC(=O)N[C@@H](CC(N)=O)C(=O)O. The zero-order chi connectivity index (χ0) is 11.1. The van der Waals surface area contributed by atoms with Crippen LogP contribution in [-0.4, -0.2) is 42.6 Å². The van der Waals surface area contributed by atoms with Crippen LogP contribution in [0.4, 0.5) is 0 Å². The summed E-state index contributed by atoms with van der Waals surface area (Å²) in [5.41, 5.74) is 4.80. The molecule has 2 amide bonds. The van der Waals surface area contributed by atoms with Gasteiger partial charge < -0.3 is 20.9 Å². The van der Waals surface area contributed by atoms with Gasteiger partial charge in [0.05, 0.1) is 6.42 Å². The molecule has 7 nitrogen and oxygen atoms in total. The molecular formula is C7H12N2O5. The van der Waals surface area contributed by atoms with Crippen molar-refractivity contribution in [2.45, 2.75) is 12.5 Å². The van der Waals surface area contributed by atoms with E-state index in [0.717, 1.165) is 0 Å². The highest BCUT2D eigenvalue weighted by atomic mass is 16.5. The van der Waals surface area contributed by atoms with Crippen LogP contribution >= 0.6 is 0 Å². The van der Waals surface area contributed by atoms with Gasteiger partial charge in [0.2, 0.25) is 11.8 Å². The normalized spacial score (nSPS) is 11.8. The second-order valence-corrected chi connectivity index (χ2v) is 2.56. The van der Waals surface area contributed by atoms with E-state index in [9.17, 15) is 14.4 Å². The first-order valence-electron chi connectivity index (χ1n) is 3.76. The lowest BCUT2D eigenvalue weighted by Gasteiger charge is -2.11. The molecular weight excluding hydrogens is 192 g/mol. The summed E-state index contributed by atoms with van der Waals surface area (Å²) >= 11 is 0. The molecule has 0 aliphatic rings. The minimum absolute atomic E-state index is 0.261. The second kappa shape index (κ2) is 5.92. The van der Waals surface area contributed by atoms with Crippen LogP contribution in [0.25, 0.3) is 0 Å². The predicted molar refractivity (Wildman–Crippen MR) is 45.3 cm³/mol. The molecule has 0 fully saturated rings. The average Bonchev–Trinajstić information content (AvgIpc) is 2.02. The monoisotopic (exact) mass is 204 g/mol. The van der Waals surface area contributed by atoms with Crippen molar-refractivity contribution in [3.05, 3.63) is 0 Å². The minimum atomic E-state index is -1.31. The summed E-state index contributed by atoms with van der Waals surface area (Å²) in [6.45, 7) is -0.261. The molecule has 0 rings (SSSR count). The first-order chi connectivity index (χ1) is 6.47. The summed E-state index contributed by atoms with van der Waals surface area (Å²) in [4.78, 5) is 31.8. The van der Waals surface area contributed by atoms with Gasteiger partial charge in [0.25, 0.3) is 0 Å². The summed E-state index contributed by atoms with van der Waals surface area (Å²) in [6, 6.07) is -1.30. The van der Waals surface area contributed by atoms with Crippen LogP contribution in [0.15, 0.2) is 0 Å². The van der Waals surface area contributed by atoms with Gasteiger partial charge in [-0.05, 0) is 0 Å². The molecule has 0 aliphatic heterocycles. The van der Waals surface area contributed by atoms with Crippen LogP contribution in [0, 0.1) is 0 Å². The Morgan fingerprint density at radius 3 is 2.43 bits per heavy atom. The Balaban J connectivity index is 4.16. The van der Waals surface area contributed by atoms with Gasteiger partial charge in [-0.25, -0.2) is 4.79 Å². The van der Waals surface area contributed by atoms with Gasteiger partial charge in [-0.15, -0.1) is 0 Å². The van der Waals surface area contributed by atoms with Crippen molar-refractivity contribution in [2.24, 2.45) is 5.73 Å². The van der Waals surface area contributed by atoms with Crippen molar-refractivity contribution >= 4 is 17.8 Å². The highest BCUT2D eigenvalue weighted by Gasteiger charge is 2.21. The van der Waals surface area contributed by atoms with Crippen molar-refractivity contribution in [1.29, 1.82) is 0 Å². The molecule has 14 heavy (non-hydrogen) atoms. The van der Waals surface area contributed by atoms with E-state index >= 15 is 0 Å². The Morgan fingerprint density at radius 1 is 1.50 bits per heavy atom. The first-order valence-corrected chi connectivity index (χ1v) is 3.76. The van der Waals surface area contributed by atoms with Crippen LogP contribution in [-0.2, 0) is 19.1 Å². The van der Waals surface area contributed by atoms with Crippen LogP contribution in [0.3, 0.4) is 0 Å². The van der Waals surface area contributed by atoms with Crippen LogP contribution in [0.2, 0.25) is 0 Å². The molecule has 0 radical (unpaired) electrons.